The van der Waals surface area contributed by atoms with Crippen LogP contribution in [0.4, 0.5) is 5.69 Å². The van der Waals surface area contributed by atoms with Gasteiger partial charge in [0.15, 0.2) is 11.0 Å². The first kappa shape index (κ1) is 14.0. The number of hydrogen-bond acceptors (Lipinski definition) is 4. The smallest absolute Gasteiger partial charge is 0.254 e. The second-order valence-electron chi connectivity index (χ2n) is 4.50. The number of hydrogen-bond donors (Lipinski definition) is 0. The van der Waals surface area contributed by atoms with E-state index in [1.54, 1.807) is 36.4 Å². The van der Waals surface area contributed by atoms with E-state index >= 15 is 0 Å². The molecular weight excluding hydrogens is 302 g/mol. The molecule has 1 unspecified atom stereocenters. The molecule has 5 heteroatoms. The lowest BCUT2D eigenvalue weighted by atomic mass is 10.1. The van der Waals surface area contributed by atoms with Crippen molar-refractivity contribution in [3.05, 3.63) is 66.2 Å². The lowest BCUT2D eigenvalue weighted by Crippen LogP contribution is -2.34. The van der Waals surface area contributed by atoms with Gasteiger partial charge in [-0.25, -0.2) is 0 Å². The molecule has 2 aromatic rings. The molecule has 0 aliphatic carbocycles. The van der Waals surface area contributed by atoms with Gasteiger partial charge in [0.25, 0.3) is 5.91 Å². The minimum atomic E-state index is -0.792. The first-order chi connectivity index (χ1) is 10.2. The van der Waals surface area contributed by atoms with Crippen LogP contribution in [0.5, 0.6) is 0 Å². The lowest BCUT2D eigenvalue weighted by Gasteiger charge is -2.15. The van der Waals surface area contributed by atoms with Crippen LogP contribution in [0.2, 0.25) is 0 Å². The Hall–Kier alpha value is -1.98. The van der Waals surface area contributed by atoms with Crippen LogP contribution >= 0.6 is 24.0 Å². The van der Waals surface area contributed by atoms with E-state index < -0.39 is 5.25 Å². The highest BCUT2D eigenvalue weighted by Gasteiger charge is 2.42. The van der Waals surface area contributed by atoms with Gasteiger partial charge in [0, 0.05) is 5.56 Å². The number of Topliss-reactive ketones (excluding diaryl/α,β-unsaturated/α-hetero) is 1. The molecule has 0 N–H and O–H groups in total. The van der Waals surface area contributed by atoms with Crippen LogP contribution in [0.1, 0.15) is 10.4 Å². The molecule has 3 rings (SSSR count). The van der Waals surface area contributed by atoms with Gasteiger partial charge in [0.2, 0.25) is 0 Å². The molecule has 1 aliphatic heterocycles. The van der Waals surface area contributed by atoms with Gasteiger partial charge in [-0.2, -0.15) is 0 Å². The Bertz CT molecular complexity index is 701. The number of ketones is 1. The molecule has 1 heterocycles. The van der Waals surface area contributed by atoms with Crippen LogP contribution in [0.15, 0.2) is 60.7 Å². The van der Waals surface area contributed by atoms with Crippen molar-refractivity contribution in [2.24, 2.45) is 0 Å². The van der Waals surface area contributed by atoms with Gasteiger partial charge in [-0.1, -0.05) is 72.5 Å². The van der Waals surface area contributed by atoms with Crippen molar-refractivity contribution in [3.63, 3.8) is 0 Å². The molecule has 1 aliphatic rings. The Morgan fingerprint density at radius 1 is 1.00 bits per heavy atom. The molecule has 0 bridgehead atoms. The maximum Gasteiger partial charge on any atom is 0.254 e. The summed E-state index contributed by atoms with van der Waals surface area (Å²) >= 11 is 6.40. The summed E-state index contributed by atoms with van der Waals surface area (Å²) in [4.78, 5) is 26.4. The number of carbonyl (C=O) groups is 2. The zero-order chi connectivity index (χ0) is 14.8. The number of carbonyl (C=O) groups excluding carboxylic acids is 2. The van der Waals surface area contributed by atoms with Crippen molar-refractivity contribution in [1.82, 2.24) is 0 Å². The number of rotatable bonds is 3. The molecule has 1 atom stereocenters. The molecule has 104 valence electrons. The second-order valence-corrected chi connectivity index (χ2v) is 6.24. The van der Waals surface area contributed by atoms with Crippen molar-refractivity contribution in [2.75, 3.05) is 4.90 Å². The Balaban J connectivity index is 1.89. The van der Waals surface area contributed by atoms with Crippen LogP contribution in [-0.2, 0) is 4.79 Å². The zero-order valence-electron chi connectivity index (χ0n) is 10.9. The highest BCUT2D eigenvalue weighted by Crippen LogP contribution is 2.33. The topological polar surface area (TPSA) is 37.4 Å². The third-order valence-electron chi connectivity index (χ3n) is 3.16. The minimum absolute atomic E-state index is 0.202. The maximum atomic E-state index is 12.5. The Morgan fingerprint density at radius 3 is 2.19 bits per heavy atom. The summed E-state index contributed by atoms with van der Waals surface area (Å²) < 4.78 is 0.417. The summed E-state index contributed by atoms with van der Waals surface area (Å²) in [6, 6.07) is 18.0. The van der Waals surface area contributed by atoms with Gasteiger partial charge in [0.05, 0.1) is 5.69 Å². The molecule has 21 heavy (non-hydrogen) atoms. The van der Waals surface area contributed by atoms with E-state index in [0.717, 1.165) is 11.8 Å². The summed E-state index contributed by atoms with van der Waals surface area (Å²) in [5.41, 5.74) is 1.23. The van der Waals surface area contributed by atoms with Gasteiger partial charge < -0.3 is 0 Å². The number of para-hydroxylation sites is 1. The Labute approximate surface area is 132 Å². The minimum Gasteiger partial charge on any atom is -0.292 e. The number of anilines is 1. The van der Waals surface area contributed by atoms with Crippen molar-refractivity contribution in [3.8, 4) is 0 Å². The number of amides is 1. The van der Waals surface area contributed by atoms with E-state index in [0.29, 0.717) is 15.6 Å². The molecule has 1 amide bonds. The molecule has 0 radical (unpaired) electrons. The summed E-state index contributed by atoms with van der Waals surface area (Å²) in [5, 5.41) is -0.792. The normalized spacial score (nSPS) is 18.1. The molecular formula is C16H11NO2S2. The van der Waals surface area contributed by atoms with Gasteiger partial charge in [0.1, 0.15) is 4.32 Å². The molecule has 0 spiro atoms. The summed E-state index contributed by atoms with van der Waals surface area (Å²) in [6.45, 7) is 0. The monoisotopic (exact) mass is 313 g/mol. The lowest BCUT2D eigenvalue weighted by molar-refractivity contribution is -0.116. The fourth-order valence-corrected chi connectivity index (χ4v) is 3.58. The summed E-state index contributed by atoms with van der Waals surface area (Å²) in [5.74, 6) is -0.476. The standard InChI is InChI=1S/C16H11NO2S2/c18-13(11-7-3-1-4-8-11)14-15(19)17(16(20)21-14)12-9-5-2-6-10-12/h1-10,14H. The summed E-state index contributed by atoms with van der Waals surface area (Å²) in [6.07, 6.45) is 0. The van der Waals surface area contributed by atoms with E-state index in [9.17, 15) is 9.59 Å². The number of nitrogens with zero attached hydrogens (tertiary/aromatic N) is 1. The van der Waals surface area contributed by atoms with Gasteiger partial charge in [-0.3, -0.25) is 14.5 Å². The van der Waals surface area contributed by atoms with E-state index in [1.807, 2.05) is 24.3 Å². The van der Waals surface area contributed by atoms with Crippen molar-refractivity contribution < 1.29 is 9.59 Å². The molecule has 3 nitrogen and oxygen atoms in total. The predicted octanol–water partition coefficient (Wildman–Crippen LogP) is 3.30. The molecule has 1 saturated heterocycles. The van der Waals surface area contributed by atoms with Gasteiger partial charge >= 0.3 is 0 Å². The Kier molecular flexibility index (Phi) is 3.86. The van der Waals surface area contributed by atoms with E-state index in [-0.39, 0.29) is 11.7 Å². The molecule has 0 saturated carbocycles. The third-order valence-corrected chi connectivity index (χ3v) is 4.66. The molecule has 0 aromatic heterocycles. The highest BCUT2D eigenvalue weighted by atomic mass is 32.2. The fourth-order valence-electron chi connectivity index (χ4n) is 2.14. The zero-order valence-corrected chi connectivity index (χ0v) is 12.6. The SMILES string of the molecule is O=C(c1ccccc1)C1SC(=S)N(c2ccccc2)C1=O. The quantitative estimate of drug-likeness (QED) is 0.495. The number of thiocarbonyl (C=S) groups is 1. The fraction of sp³-hybridized carbons (Fsp3) is 0.0625. The largest absolute Gasteiger partial charge is 0.292 e. The van der Waals surface area contributed by atoms with Crippen LogP contribution < -0.4 is 4.90 Å². The van der Waals surface area contributed by atoms with Gasteiger partial charge in [-0.15, -0.1) is 0 Å². The predicted molar refractivity (Wildman–Crippen MR) is 88.7 cm³/mol. The van der Waals surface area contributed by atoms with E-state index in [4.69, 9.17) is 12.2 Å². The molecule has 1 fully saturated rings. The van der Waals surface area contributed by atoms with Crippen LogP contribution in [0, 0.1) is 0 Å². The van der Waals surface area contributed by atoms with Crippen molar-refractivity contribution >= 4 is 45.7 Å². The maximum absolute atomic E-state index is 12.5. The first-order valence-electron chi connectivity index (χ1n) is 6.37. The van der Waals surface area contributed by atoms with Crippen LogP contribution in [-0.4, -0.2) is 21.3 Å². The Morgan fingerprint density at radius 2 is 1.57 bits per heavy atom. The van der Waals surface area contributed by atoms with Crippen molar-refractivity contribution in [2.45, 2.75) is 5.25 Å². The average molecular weight is 313 g/mol. The second kappa shape index (κ2) is 5.79. The third kappa shape index (κ3) is 2.62. The average Bonchev–Trinajstić information content (AvgIpc) is 2.83. The van der Waals surface area contributed by atoms with Crippen LogP contribution in [0.3, 0.4) is 0 Å². The number of thioether (sulfide) groups is 1. The highest BCUT2D eigenvalue weighted by molar-refractivity contribution is 8.25. The molecule has 2 aromatic carbocycles. The van der Waals surface area contributed by atoms with E-state index in [2.05, 4.69) is 0 Å². The van der Waals surface area contributed by atoms with Gasteiger partial charge in [-0.05, 0) is 12.1 Å². The van der Waals surface area contributed by atoms with Crippen LogP contribution in [0.25, 0.3) is 0 Å². The first-order valence-corrected chi connectivity index (χ1v) is 7.66. The van der Waals surface area contributed by atoms with Crippen molar-refractivity contribution in [1.29, 1.82) is 0 Å². The summed E-state index contributed by atoms with van der Waals surface area (Å²) in [7, 11) is 0. The van der Waals surface area contributed by atoms with E-state index in [1.165, 1.54) is 4.90 Å². The number of benzene rings is 2.